The highest BCUT2D eigenvalue weighted by Gasteiger charge is 2.34. The van der Waals surface area contributed by atoms with E-state index in [4.69, 9.17) is 0 Å². The summed E-state index contributed by atoms with van der Waals surface area (Å²) in [6.45, 7) is 5.34. The number of carbonyl (C=O) groups is 2. The lowest BCUT2D eigenvalue weighted by molar-refractivity contribution is -0.129. The fraction of sp³-hybridized carbons (Fsp3) is 0.556. The van der Waals surface area contributed by atoms with Crippen molar-refractivity contribution in [2.24, 2.45) is 5.92 Å². The number of aryl methyl sites for hydroxylation is 1. The fourth-order valence-electron chi connectivity index (χ4n) is 2.75. The van der Waals surface area contributed by atoms with Crippen LogP contribution in [-0.2, 0) is 16.0 Å². The molecule has 0 aromatic heterocycles. The van der Waals surface area contributed by atoms with E-state index in [2.05, 4.69) is 17.4 Å². The minimum Gasteiger partial charge on any atom is -0.353 e. The van der Waals surface area contributed by atoms with Crippen LogP contribution in [0.4, 0.5) is 0 Å². The predicted molar refractivity (Wildman–Crippen MR) is 87.3 cm³/mol. The second kappa shape index (κ2) is 7.97. The number of amides is 2. The molecule has 4 heteroatoms. The summed E-state index contributed by atoms with van der Waals surface area (Å²) >= 11 is 0. The van der Waals surface area contributed by atoms with Crippen LogP contribution in [0.3, 0.4) is 0 Å². The van der Waals surface area contributed by atoms with Crippen molar-refractivity contribution in [2.75, 3.05) is 13.1 Å². The molecular weight excluding hydrogens is 276 g/mol. The summed E-state index contributed by atoms with van der Waals surface area (Å²) in [6, 6.07) is 10.5. The SMILES string of the molecule is CCC(C)NC(=O)C1CC(=O)N(CCCc2ccccc2)C1. The predicted octanol–water partition coefficient (Wildman–Crippen LogP) is 2.38. The molecule has 2 atom stereocenters. The van der Waals surface area contributed by atoms with Gasteiger partial charge in [0.1, 0.15) is 0 Å². The molecule has 1 N–H and O–H groups in total. The Kier molecular flexibility index (Phi) is 5.99. The number of nitrogens with one attached hydrogen (secondary N) is 1. The summed E-state index contributed by atoms with van der Waals surface area (Å²) in [6.07, 6.45) is 3.17. The topological polar surface area (TPSA) is 49.4 Å². The first-order chi connectivity index (χ1) is 10.6. The zero-order valence-corrected chi connectivity index (χ0v) is 13.5. The first-order valence-corrected chi connectivity index (χ1v) is 8.22. The second-order valence-corrected chi connectivity index (χ2v) is 6.15. The van der Waals surface area contributed by atoms with E-state index in [9.17, 15) is 9.59 Å². The van der Waals surface area contributed by atoms with Crippen molar-refractivity contribution in [3.63, 3.8) is 0 Å². The van der Waals surface area contributed by atoms with Crippen LogP contribution in [0, 0.1) is 5.92 Å². The molecule has 120 valence electrons. The first-order valence-electron chi connectivity index (χ1n) is 8.22. The average Bonchev–Trinajstić information content (AvgIpc) is 2.89. The van der Waals surface area contributed by atoms with Gasteiger partial charge in [-0.15, -0.1) is 0 Å². The molecule has 2 amide bonds. The molecule has 2 unspecified atom stereocenters. The largest absolute Gasteiger partial charge is 0.353 e. The van der Waals surface area contributed by atoms with Gasteiger partial charge in [-0.1, -0.05) is 37.3 Å². The number of rotatable bonds is 7. The van der Waals surface area contributed by atoms with Crippen LogP contribution in [-0.4, -0.2) is 35.8 Å². The Hall–Kier alpha value is -1.84. The molecule has 0 saturated carbocycles. The Labute approximate surface area is 132 Å². The van der Waals surface area contributed by atoms with Crippen molar-refractivity contribution in [1.29, 1.82) is 0 Å². The molecule has 1 aromatic carbocycles. The van der Waals surface area contributed by atoms with Crippen LogP contribution < -0.4 is 5.32 Å². The molecule has 0 bridgehead atoms. The van der Waals surface area contributed by atoms with E-state index >= 15 is 0 Å². The maximum atomic E-state index is 12.1. The van der Waals surface area contributed by atoms with Crippen LogP contribution in [0.2, 0.25) is 0 Å². The summed E-state index contributed by atoms with van der Waals surface area (Å²) in [4.78, 5) is 26.0. The third-order valence-electron chi connectivity index (χ3n) is 4.32. The lowest BCUT2D eigenvalue weighted by Crippen LogP contribution is -2.38. The number of nitrogens with zero attached hydrogens (tertiary/aromatic N) is 1. The zero-order valence-electron chi connectivity index (χ0n) is 13.5. The standard InChI is InChI=1S/C18H26N2O2/c1-3-14(2)19-18(22)16-12-17(21)20(13-16)11-7-10-15-8-5-4-6-9-15/h4-6,8-9,14,16H,3,7,10-13H2,1-2H3,(H,19,22). The van der Waals surface area contributed by atoms with Gasteiger partial charge in [0.05, 0.1) is 5.92 Å². The third kappa shape index (κ3) is 4.58. The van der Waals surface area contributed by atoms with Crippen LogP contribution in [0.5, 0.6) is 0 Å². The molecule has 0 spiro atoms. The van der Waals surface area contributed by atoms with Crippen molar-refractivity contribution in [1.82, 2.24) is 10.2 Å². The molecule has 22 heavy (non-hydrogen) atoms. The number of likely N-dealkylation sites (tertiary alicyclic amines) is 1. The molecule has 1 aromatic rings. The summed E-state index contributed by atoms with van der Waals surface area (Å²) in [7, 11) is 0. The highest BCUT2D eigenvalue weighted by molar-refractivity contribution is 5.89. The molecule has 1 heterocycles. The fourth-order valence-corrected chi connectivity index (χ4v) is 2.75. The van der Waals surface area contributed by atoms with Gasteiger partial charge in [0.2, 0.25) is 11.8 Å². The van der Waals surface area contributed by atoms with Crippen molar-refractivity contribution in [2.45, 2.75) is 45.6 Å². The van der Waals surface area contributed by atoms with Crippen LogP contribution in [0.1, 0.15) is 38.7 Å². The van der Waals surface area contributed by atoms with E-state index < -0.39 is 0 Å². The maximum absolute atomic E-state index is 12.1. The quantitative estimate of drug-likeness (QED) is 0.840. The minimum absolute atomic E-state index is 0.0215. The monoisotopic (exact) mass is 302 g/mol. The summed E-state index contributed by atoms with van der Waals surface area (Å²) in [5, 5.41) is 2.98. The Morgan fingerprint density at radius 1 is 1.36 bits per heavy atom. The summed E-state index contributed by atoms with van der Waals surface area (Å²) < 4.78 is 0. The number of hydrogen-bond donors (Lipinski definition) is 1. The maximum Gasteiger partial charge on any atom is 0.225 e. The molecule has 4 nitrogen and oxygen atoms in total. The van der Waals surface area contributed by atoms with E-state index in [1.54, 1.807) is 0 Å². The van der Waals surface area contributed by atoms with E-state index in [-0.39, 0.29) is 23.8 Å². The van der Waals surface area contributed by atoms with E-state index in [0.717, 1.165) is 25.8 Å². The van der Waals surface area contributed by atoms with Crippen molar-refractivity contribution in [3.05, 3.63) is 35.9 Å². The van der Waals surface area contributed by atoms with Gasteiger partial charge < -0.3 is 10.2 Å². The molecule has 0 radical (unpaired) electrons. The minimum atomic E-state index is -0.182. The Balaban J connectivity index is 1.76. The Morgan fingerprint density at radius 2 is 2.09 bits per heavy atom. The smallest absolute Gasteiger partial charge is 0.225 e. The summed E-state index contributed by atoms with van der Waals surface area (Å²) in [5.74, 6) is -0.0520. The first kappa shape index (κ1) is 16.5. The Morgan fingerprint density at radius 3 is 2.77 bits per heavy atom. The van der Waals surface area contributed by atoms with Gasteiger partial charge in [-0.2, -0.15) is 0 Å². The average molecular weight is 302 g/mol. The van der Waals surface area contributed by atoms with Gasteiger partial charge in [-0.3, -0.25) is 9.59 Å². The van der Waals surface area contributed by atoms with Gasteiger partial charge in [-0.05, 0) is 31.7 Å². The van der Waals surface area contributed by atoms with Gasteiger partial charge in [-0.25, -0.2) is 0 Å². The highest BCUT2D eigenvalue weighted by atomic mass is 16.2. The van der Waals surface area contributed by atoms with Crippen molar-refractivity contribution < 1.29 is 9.59 Å². The third-order valence-corrected chi connectivity index (χ3v) is 4.32. The second-order valence-electron chi connectivity index (χ2n) is 6.15. The summed E-state index contributed by atoms with van der Waals surface area (Å²) in [5.41, 5.74) is 1.29. The number of carbonyl (C=O) groups excluding carboxylic acids is 2. The lowest BCUT2D eigenvalue weighted by atomic mass is 10.1. The molecule has 2 rings (SSSR count). The van der Waals surface area contributed by atoms with E-state index in [0.29, 0.717) is 13.0 Å². The van der Waals surface area contributed by atoms with Gasteiger partial charge in [0, 0.05) is 25.6 Å². The number of benzene rings is 1. The Bertz CT molecular complexity index is 501. The molecule has 0 aliphatic carbocycles. The van der Waals surface area contributed by atoms with E-state index in [1.165, 1.54) is 5.56 Å². The van der Waals surface area contributed by atoms with Gasteiger partial charge >= 0.3 is 0 Å². The van der Waals surface area contributed by atoms with Crippen molar-refractivity contribution in [3.8, 4) is 0 Å². The highest BCUT2D eigenvalue weighted by Crippen LogP contribution is 2.19. The molecule has 1 fully saturated rings. The van der Waals surface area contributed by atoms with E-state index in [1.807, 2.05) is 36.9 Å². The van der Waals surface area contributed by atoms with Crippen LogP contribution in [0.15, 0.2) is 30.3 Å². The lowest BCUT2D eigenvalue weighted by Gasteiger charge is -2.17. The van der Waals surface area contributed by atoms with Gasteiger partial charge in [0.25, 0.3) is 0 Å². The molecule has 1 saturated heterocycles. The van der Waals surface area contributed by atoms with Crippen molar-refractivity contribution >= 4 is 11.8 Å². The molecular formula is C18H26N2O2. The molecule has 1 aliphatic rings. The molecule has 1 aliphatic heterocycles. The van der Waals surface area contributed by atoms with Crippen LogP contribution in [0.25, 0.3) is 0 Å². The normalized spacial score (nSPS) is 19.3. The number of hydrogen-bond acceptors (Lipinski definition) is 2. The van der Waals surface area contributed by atoms with Gasteiger partial charge in [0.15, 0.2) is 0 Å². The zero-order chi connectivity index (χ0) is 15.9. The van der Waals surface area contributed by atoms with Crippen LogP contribution >= 0.6 is 0 Å².